The van der Waals surface area contributed by atoms with E-state index in [-0.39, 0.29) is 0 Å². The summed E-state index contributed by atoms with van der Waals surface area (Å²) in [6, 6.07) is 0. The lowest BCUT2D eigenvalue weighted by atomic mass is 9.58. The number of carbonyl (C=O) groups is 1. The fourth-order valence-corrected chi connectivity index (χ4v) is 1.96. The summed E-state index contributed by atoms with van der Waals surface area (Å²) in [4.78, 5) is 10.7. The normalized spacial score (nSPS) is 43.2. The van der Waals surface area contributed by atoms with Crippen LogP contribution in [0.2, 0.25) is 0 Å². The molecule has 0 spiro atoms. The van der Waals surface area contributed by atoms with E-state index < -0.39 is 17.0 Å². The van der Waals surface area contributed by atoms with Gasteiger partial charge in [-0.2, -0.15) is 0 Å². The first-order valence-electron chi connectivity index (χ1n) is 3.88. The largest absolute Gasteiger partial charge is 0.481 e. The number of carboxylic acid groups (broad SMARTS) is 1. The molecule has 1 aliphatic rings. The number of hydrogen-bond donors (Lipinski definition) is 2. The molecule has 0 amide bonds. The Labute approximate surface area is 66.0 Å². The lowest BCUT2D eigenvalue weighted by Crippen LogP contribution is -2.53. The van der Waals surface area contributed by atoms with Crippen LogP contribution in [0.4, 0.5) is 0 Å². The van der Waals surface area contributed by atoms with Crippen molar-refractivity contribution in [1.29, 1.82) is 0 Å². The molecule has 0 atom stereocenters. The zero-order chi connectivity index (χ0) is 8.70. The van der Waals surface area contributed by atoms with Gasteiger partial charge in [-0.15, -0.1) is 0 Å². The van der Waals surface area contributed by atoms with Crippen molar-refractivity contribution in [2.75, 3.05) is 0 Å². The molecule has 0 aromatic carbocycles. The zero-order valence-corrected chi connectivity index (χ0v) is 6.92. The fraction of sp³-hybridized carbons (Fsp3) is 0.875. The molecule has 0 aliphatic heterocycles. The predicted molar refractivity (Wildman–Crippen MR) is 40.2 cm³/mol. The van der Waals surface area contributed by atoms with Crippen LogP contribution in [-0.2, 0) is 4.79 Å². The van der Waals surface area contributed by atoms with Gasteiger partial charge >= 0.3 is 5.97 Å². The van der Waals surface area contributed by atoms with Gasteiger partial charge in [0.05, 0.1) is 11.0 Å². The molecule has 0 bridgehead atoms. The van der Waals surface area contributed by atoms with Crippen LogP contribution in [0.5, 0.6) is 0 Å². The van der Waals surface area contributed by atoms with Crippen LogP contribution in [-0.4, -0.2) is 21.8 Å². The van der Waals surface area contributed by atoms with Crippen LogP contribution < -0.4 is 0 Å². The first-order chi connectivity index (χ1) is 4.92. The smallest absolute Gasteiger partial charge is 0.309 e. The van der Waals surface area contributed by atoms with Gasteiger partial charge in [-0.25, -0.2) is 0 Å². The Morgan fingerprint density at radius 3 is 2.09 bits per heavy atom. The summed E-state index contributed by atoms with van der Waals surface area (Å²) in [6.45, 7) is 3.53. The Kier molecular flexibility index (Phi) is 1.71. The zero-order valence-electron chi connectivity index (χ0n) is 6.92. The molecular weight excluding hydrogens is 144 g/mol. The summed E-state index contributed by atoms with van der Waals surface area (Å²) in [7, 11) is 0. The highest BCUT2D eigenvalue weighted by molar-refractivity contribution is 5.76. The van der Waals surface area contributed by atoms with Gasteiger partial charge in [0.1, 0.15) is 0 Å². The van der Waals surface area contributed by atoms with Crippen LogP contribution in [0, 0.1) is 5.41 Å². The summed E-state index contributed by atoms with van der Waals surface area (Å²) in [6.07, 6.45) is 1.40. The second-order valence-corrected chi connectivity index (χ2v) is 3.79. The summed E-state index contributed by atoms with van der Waals surface area (Å²) < 4.78 is 0. The lowest BCUT2D eigenvalue weighted by Gasteiger charge is -2.48. The highest BCUT2D eigenvalue weighted by atomic mass is 16.4. The molecular formula is C8H14O3. The van der Waals surface area contributed by atoms with E-state index in [2.05, 4.69) is 0 Å². The standard InChI is InChI=1S/C8H14O3/c1-3-8(6(9)10)4-7(2,11)5-8/h11H,3-5H2,1-2H3,(H,9,10). The molecule has 0 aromatic rings. The molecule has 0 heterocycles. The van der Waals surface area contributed by atoms with Gasteiger partial charge in [-0.05, 0) is 26.2 Å². The van der Waals surface area contributed by atoms with E-state index in [0.717, 1.165) is 0 Å². The molecule has 3 nitrogen and oxygen atoms in total. The molecule has 2 N–H and O–H groups in total. The van der Waals surface area contributed by atoms with Gasteiger partial charge in [-0.1, -0.05) is 6.92 Å². The van der Waals surface area contributed by atoms with Crippen molar-refractivity contribution in [3.05, 3.63) is 0 Å². The lowest BCUT2D eigenvalue weighted by molar-refractivity contribution is -0.177. The number of carboxylic acids is 1. The first-order valence-corrected chi connectivity index (χ1v) is 3.88. The van der Waals surface area contributed by atoms with Crippen molar-refractivity contribution in [3.8, 4) is 0 Å². The molecule has 0 radical (unpaired) electrons. The van der Waals surface area contributed by atoms with Crippen molar-refractivity contribution >= 4 is 5.97 Å². The SMILES string of the molecule is CCC1(C(=O)O)CC(C)(O)C1. The van der Waals surface area contributed by atoms with E-state index in [1.54, 1.807) is 6.92 Å². The summed E-state index contributed by atoms with van der Waals surface area (Å²) in [5, 5.41) is 18.2. The maximum atomic E-state index is 10.7. The summed E-state index contributed by atoms with van der Waals surface area (Å²) in [5.41, 5.74) is -1.38. The van der Waals surface area contributed by atoms with E-state index in [9.17, 15) is 9.90 Å². The Morgan fingerprint density at radius 2 is 2.00 bits per heavy atom. The monoisotopic (exact) mass is 158 g/mol. The first kappa shape index (κ1) is 8.53. The molecule has 0 saturated heterocycles. The van der Waals surface area contributed by atoms with E-state index >= 15 is 0 Å². The quantitative estimate of drug-likeness (QED) is 0.630. The molecule has 1 aliphatic carbocycles. The maximum absolute atomic E-state index is 10.7. The van der Waals surface area contributed by atoms with Crippen molar-refractivity contribution in [3.63, 3.8) is 0 Å². The maximum Gasteiger partial charge on any atom is 0.309 e. The highest BCUT2D eigenvalue weighted by Gasteiger charge is 2.54. The Hall–Kier alpha value is -0.570. The van der Waals surface area contributed by atoms with Crippen molar-refractivity contribution in [2.24, 2.45) is 5.41 Å². The van der Waals surface area contributed by atoms with Crippen LogP contribution in [0.25, 0.3) is 0 Å². The molecule has 0 aromatic heterocycles. The molecule has 1 saturated carbocycles. The van der Waals surface area contributed by atoms with Crippen molar-refractivity contribution < 1.29 is 15.0 Å². The number of aliphatic carboxylic acids is 1. The third kappa shape index (κ3) is 1.25. The summed E-state index contributed by atoms with van der Waals surface area (Å²) in [5.74, 6) is -0.772. The minimum absolute atomic E-state index is 0.395. The third-order valence-electron chi connectivity index (χ3n) is 2.57. The Balaban J connectivity index is 2.64. The van der Waals surface area contributed by atoms with Crippen LogP contribution >= 0.6 is 0 Å². The number of aliphatic hydroxyl groups is 1. The summed E-state index contributed by atoms with van der Waals surface area (Å²) >= 11 is 0. The topological polar surface area (TPSA) is 57.5 Å². The second-order valence-electron chi connectivity index (χ2n) is 3.79. The third-order valence-corrected chi connectivity index (χ3v) is 2.57. The van der Waals surface area contributed by atoms with E-state index in [1.165, 1.54) is 0 Å². The van der Waals surface area contributed by atoms with Crippen LogP contribution in [0.15, 0.2) is 0 Å². The van der Waals surface area contributed by atoms with Gasteiger partial charge in [0.25, 0.3) is 0 Å². The van der Waals surface area contributed by atoms with Gasteiger partial charge in [0, 0.05) is 0 Å². The van der Waals surface area contributed by atoms with Crippen molar-refractivity contribution in [1.82, 2.24) is 0 Å². The van der Waals surface area contributed by atoms with Gasteiger partial charge in [-0.3, -0.25) is 4.79 Å². The number of rotatable bonds is 2. The second kappa shape index (κ2) is 2.21. The minimum Gasteiger partial charge on any atom is -0.481 e. The van der Waals surface area contributed by atoms with Gasteiger partial charge in [0.2, 0.25) is 0 Å². The van der Waals surface area contributed by atoms with Crippen LogP contribution in [0.1, 0.15) is 33.1 Å². The molecule has 11 heavy (non-hydrogen) atoms. The van der Waals surface area contributed by atoms with Gasteiger partial charge < -0.3 is 10.2 Å². The number of hydrogen-bond acceptors (Lipinski definition) is 2. The Morgan fingerprint density at radius 1 is 1.55 bits per heavy atom. The minimum atomic E-state index is -0.772. The van der Waals surface area contributed by atoms with E-state index in [0.29, 0.717) is 19.3 Å². The van der Waals surface area contributed by atoms with Crippen LogP contribution in [0.3, 0.4) is 0 Å². The predicted octanol–water partition coefficient (Wildman–Crippen LogP) is 1.01. The van der Waals surface area contributed by atoms with E-state index in [4.69, 9.17) is 5.11 Å². The molecule has 1 rings (SSSR count). The molecule has 0 unspecified atom stereocenters. The molecule has 3 heteroatoms. The highest BCUT2D eigenvalue weighted by Crippen LogP contribution is 2.50. The fourth-order valence-electron chi connectivity index (χ4n) is 1.96. The average molecular weight is 158 g/mol. The Bertz CT molecular complexity index is 176. The van der Waals surface area contributed by atoms with Crippen molar-refractivity contribution in [2.45, 2.75) is 38.7 Å². The average Bonchev–Trinajstić information content (AvgIpc) is 1.81. The van der Waals surface area contributed by atoms with Gasteiger partial charge in [0.15, 0.2) is 0 Å². The molecule has 64 valence electrons. The van der Waals surface area contributed by atoms with E-state index in [1.807, 2.05) is 6.92 Å². The molecule has 1 fully saturated rings.